The van der Waals surface area contributed by atoms with Gasteiger partial charge >= 0.3 is 5.97 Å². The number of carbonyl (C=O) groups excluding carboxylic acids is 4. The molecule has 2 aliphatic rings. The summed E-state index contributed by atoms with van der Waals surface area (Å²) < 4.78 is 70.9. The van der Waals surface area contributed by atoms with Crippen molar-refractivity contribution in [1.82, 2.24) is 35.1 Å². The van der Waals surface area contributed by atoms with Crippen LogP contribution in [0.3, 0.4) is 0 Å². The van der Waals surface area contributed by atoms with E-state index in [0.717, 1.165) is 109 Å². The fourth-order valence-electron chi connectivity index (χ4n) is 13.3. The summed E-state index contributed by atoms with van der Waals surface area (Å²) in [5, 5.41) is 48.4. The van der Waals surface area contributed by atoms with Gasteiger partial charge in [0.05, 0.1) is 44.0 Å². The summed E-state index contributed by atoms with van der Waals surface area (Å²) in [5.41, 5.74) is 30.5. The van der Waals surface area contributed by atoms with Crippen LogP contribution in [0.4, 0.5) is 22.0 Å². The number of carbonyl (C=O) groups is 5. The third-order valence-electron chi connectivity index (χ3n) is 19.3. The van der Waals surface area contributed by atoms with Crippen molar-refractivity contribution in [3.63, 3.8) is 0 Å². The van der Waals surface area contributed by atoms with Gasteiger partial charge in [0.15, 0.2) is 0 Å². The van der Waals surface area contributed by atoms with Crippen LogP contribution in [0.5, 0.6) is 5.75 Å². The number of fused-ring (bicyclic) bond motifs is 5. The molecular formula is C93H72AgBr2F5N13O10. The van der Waals surface area contributed by atoms with Crippen LogP contribution in [0.15, 0.2) is 243 Å². The standard InChI is InChI=1S/C21H18FN3O2.C17H9Br2FN2.C17H11FN2O3.C17H13FN2O2.C17H11FN2.C4H9N.Ag.HNO3/c22-15-6-3-13(4-7-15)17-12-19(20(23)26)24-18-11-14(5-8-16(17)18)21(27)25-9-1-2-10-25;18-17(19)11-3-6-14-15(10-1-4-12(20)5-2-10)8-13(9-21)22-16(14)7-11;18-11-4-1-9(2-5-11)13-8-15(16(19)21)20-14-7-10(17(22)23)3-6-12(13)14;1-22-12-6-7-13-14(10-2-4-11(18)5-3-10)9-16(17(19)21)20-15(13)8-12;1-11-2-7-15-16(12-3-5-13(18)6-4-12)9-14(10-19)20-17(15)8-11;1-2-4-5-3-1;;2-1(3)4/h3-8,11-12H,1-2,9-10H2,(H2,23,26);1-8,17H;1-8H,(H2,19,21)(H,22,23);2-9H,1H3,(H2,19,21);2-9H,1H3;5H,1-4H2;;(H,2,3,4). The molecule has 9 N–H and O–H groups in total. The van der Waals surface area contributed by atoms with Crippen LogP contribution in [0, 0.1) is 68.8 Å². The molecule has 1 radical (unpaired) electrons. The number of rotatable bonds is 12. The van der Waals surface area contributed by atoms with Gasteiger partial charge in [-0.2, -0.15) is 10.5 Å². The second-order valence-corrected chi connectivity index (χ2v) is 30.6. The summed E-state index contributed by atoms with van der Waals surface area (Å²) in [5.74, 6) is -4.10. The fraction of sp³-hybridized carbons (Fsp3) is 0.118. The molecule has 7 heterocycles. The second-order valence-electron chi connectivity index (χ2n) is 27.6. The Balaban J connectivity index is 0.000000158. The normalized spacial score (nSPS) is 11.7. The van der Waals surface area contributed by atoms with E-state index in [-0.39, 0.29) is 83.8 Å². The zero-order chi connectivity index (χ0) is 88.1. The molecule has 2 saturated heterocycles. The van der Waals surface area contributed by atoms with Crippen molar-refractivity contribution < 1.29 is 88.4 Å². The van der Waals surface area contributed by atoms with E-state index in [1.165, 1.54) is 105 Å². The number of aryl methyl sites for hydroxylation is 1. The molecule has 5 aromatic heterocycles. The number of benzene rings is 10. The van der Waals surface area contributed by atoms with Gasteiger partial charge in [-0.1, -0.05) is 129 Å². The Bertz CT molecular complexity index is 6570. The monoisotopic (exact) mass is 1890 g/mol. The number of amides is 4. The Morgan fingerprint density at radius 2 is 0.774 bits per heavy atom. The maximum absolute atomic E-state index is 13.3. The van der Waals surface area contributed by atoms with E-state index in [9.17, 15) is 51.2 Å². The second kappa shape index (κ2) is 42.9. The van der Waals surface area contributed by atoms with Crippen LogP contribution in [0.25, 0.3) is 110 Å². The van der Waals surface area contributed by atoms with E-state index in [0.29, 0.717) is 61.3 Å². The van der Waals surface area contributed by atoms with E-state index < -0.39 is 28.8 Å². The van der Waals surface area contributed by atoms with Crippen LogP contribution < -0.4 is 27.3 Å². The average molecular weight is 1890 g/mol. The number of hydrogen-bond acceptors (Lipinski definition) is 16. The number of hydrogen-bond donors (Lipinski definition) is 6. The number of nitrogens with two attached hydrogens (primary N) is 3. The minimum Gasteiger partial charge on any atom is -0.497 e. The number of nitrogens with one attached hydrogen (secondary N) is 1. The van der Waals surface area contributed by atoms with Crippen molar-refractivity contribution in [2.75, 3.05) is 33.3 Å². The van der Waals surface area contributed by atoms with Crippen molar-refractivity contribution in [2.45, 2.75) is 36.3 Å². The third kappa shape index (κ3) is 23.9. The number of primary amides is 3. The number of aromatic nitrogens is 5. The molecule has 4 amide bonds. The SMILES string of the molecule is C1CCNC1.COc1ccc2c(-c3ccc(F)cc3)cc(C(N)=O)nc2c1.Cc1ccc2c(-c3ccc(F)cc3)cc(C#N)nc2c1.N#Cc1cc(-c2ccc(F)cc2)c2ccc(C(Br)Br)cc2n1.NC(=O)c1cc(-c2ccc(F)cc2)c2ccc(C(=O)N3CCCC3)cc2n1.NC(=O)c1cc(-c2ccc(F)cc2)c2ccc(C(=O)O)cc2n1.O=[N+]([O-])O.[Ag]. The Hall–Kier alpha value is -14.1. The first-order chi connectivity index (χ1) is 59.0. The van der Waals surface area contributed by atoms with E-state index in [1.807, 2.05) is 60.4 Å². The Kier molecular flexibility index (Phi) is 31.9. The molecule has 0 atom stereocenters. The first kappa shape index (κ1) is 92.2. The molecule has 10 aromatic carbocycles. The molecule has 2 fully saturated rings. The smallest absolute Gasteiger partial charge is 0.335 e. The molecule has 0 spiro atoms. The number of carboxylic acids is 1. The quantitative estimate of drug-likeness (QED) is 0.0217. The van der Waals surface area contributed by atoms with Gasteiger partial charge in [-0.15, -0.1) is 10.1 Å². The van der Waals surface area contributed by atoms with Gasteiger partial charge in [-0.05, 0) is 252 Å². The summed E-state index contributed by atoms with van der Waals surface area (Å²) in [7, 11) is 1.56. The van der Waals surface area contributed by atoms with Crippen LogP contribution in [-0.2, 0) is 22.4 Å². The van der Waals surface area contributed by atoms with Crippen molar-refractivity contribution in [2.24, 2.45) is 17.2 Å². The van der Waals surface area contributed by atoms with E-state index >= 15 is 0 Å². The summed E-state index contributed by atoms with van der Waals surface area (Å²) >= 11 is 6.91. The summed E-state index contributed by atoms with van der Waals surface area (Å²) in [6.45, 7) is 6.00. The molecule has 124 heavy (non-hydrogen) atoms. The Morgan fingerprint density at radius 3 is 1.10 bits per heavy atom. The molecule has 629 valence electrons. The maximum atomic E-state index is 13.3. The van der Waals surface area contributed by atoms with Crippen LogP contribution in [0.1, 0.15) is 104 Å². The topological polar surface area (TPSA) is 384 Å². The third-order valence-corrected chi connectivity index (χ3v) is 20.4. The molecule has 0 bridgehead atoms. The molecule has 0 unspecified atom stereocenters. The number of halogens is 7. The van der Waals surface area contributed by atoms with Crippen LogP contribution in [-0.4, -0.2) is 108 Å². The number of likely N-dealkylation sites (tertiary alicyclic amines) is 1. The largest absolute Gasteiger partial charge is 0.497 e. The predicted molar refractivity (Wildman–Crippen MR) is 466 cm³/mol. The summed E-state index contributed by atoms with van der Waals surface area (Å²) in [6.07, 6.45) is 4.80. The van der Waals surface area contributed by atoms with Crippen LogP contribution in [0.2, 0.25) is 0 Å². The number of methoxy groups -OCH3 is 1. The zero-order valence-electron chi connectivity index (χ0n) is 65.7. The average Bonchev–Trinajstić information content (AvgIpc) is 0.823. The molecule has 0 saturated carbocycles. The minimum atomic E-state index is -1.50. The van der Waals surface area contributed by atoms with E-state index in [2.05, 4.69) is 74.2 Å². The maximum Gasteiger partial charge on any atom is 0.335 e. The van der Waals surface area contributed by atoms with Crippen molar-refractivity contribution in [3.05, 3.63) is 333 Å². The van der Waals surface area contributed by atoms with E-state index in [4.69, 9.17) is 47.6 Å². The minimum absolute atomic E-state index is 0. The summed E-state index contributed by atoms with van der Waals surface area (Å²) in [4.78, 5) is 90.0. The number of nitriles is 2. The first-order valence-corrected chi connectivity index (χ1v) is 39.5. The van der Waals surface area contributed by atoms with Gasteiger partial charge < -0.3 is 42.5 Å². The van der Waals surface area contributed by atoms with Gasteiger partial charge in [-0.3, -0.25) is 19.2 Å². The number of carboxylic acid groups (broad SMARTS) is 1. The first-order valence-electron chi connectivity index (χ1n) is 37.6. The van der Waals surface area contributed by atoms with Crippen LogP contribution >= 0.6 is 31.9 Å². The molecule has 0 aliphatic carbocycles. The predicted octanol–water partition coefficient (Wildman–Crippen LogP) is 19.3. The number of ether oxygens (including phenoxy) is 1. The fourth-order valence-corrected chi connectivity index (χ4v) is 13.9. The van der Waals surface area contributed by atoms with Gasteiger partial charge in [0, 0.05) is 74.0 Å². The molecule has 17 rings (SSSR count). The number of pyridine rings is 5. The van der Waals surface area contributed by atoms with Gasteiger partial charge in [0.1, 0.15) is 75.4 Å². The molecule has 31 heteroatoms. The van der Waals surface area contributed by atoms with Gasteiger partial charge in [0.25, 0.3) is 28.7 Å². The number of aromatic carboxylic acids is 1. The van der Waals surface area contributed by atoms with Crippen molar-refractivity contribution in [1.29, 1.82) is 10.5 Å². The Labute approximate surface area is 737 Å². The van der Waals surface area contributed by atoms with Crippen molar-refractivity contribution >= 4 is 116 Å². The van der Waals surface area contributed by atoms with Crippen molar-refractivity contribution in [3.8, 4) is 73.5 Å². The summed E-state index contributed by atoms with van der Waals surface area (Å²) in [6, 6.07) is 69.5. The molecule has 2 aliphatic heterocycles. The van der Waals surface area contributed by atoms with Gasteiger partial charge in [0.2, 0.25) is 0 Å². The van der Waals surface area contributed by atoms with Gasteiger partial charge in [-0.25, -0.2) is 51.7 Å². The number of nitrogens with zero attached hydrogens (tertiary/aromatic N) is 9. The molecular weight excluding hydrogens is 1820 g/mol. The zero-order valence-corrected chi connectivity index (χ0v) is 70.3. The number of alkyl halides is 2. The Morgan fingerprint density at radius 1 is 0.460 bits per heavy atom. The molecule has 23 nitrogen and oxygen atoms in total. The van der Waals surface area contributed by atoms with E-state index in [1.54, 1.807) is 122 Å². The molecule has 15 aromatic rings.